The van der Waals surface area contributed by atoms with Gasteiger partial charge < -0.3 is 0 Å². The lowest BCUT2D eigenvalue weighted by Crippen LogP contribution is -1.95. The fraction of sp³-hybridized carbons (Fsp3) is 0.167. The van der Waals surface area contributed by atoms with Crippen LogP contribution in [0, 0.1) is 0 Å². The maximum Gasteiger partial charge on any atom is 0.274 e. The van der Waals surface area contributed by atoms with Crippen molar-refractivity contribution in [3.8, 4) is 5.95 Å². The molecule has 5 heteroatoms. The van der Waals surface area contributed by atoms with Crippen LogP contribution in [-0.2, 0) is 7.05 Å². The molecule has 56 valence electrons. The minimum absolute atomic E-state index is 0.595. The molecule has 0 aromatic carbocycles. The van der Waals surface area contributed by atoms with Gasteiger partial charge in [0.05, 0.1) is 7.05 Å². The number of rotatable bonds is 1. The van der Waals surface area contributed by atoms with E-state index in [1.807, 2.05) is 24.5 Å². The van der Waals surface area contributed by atoms with Crippen molar-refractivity contribution >= 4 is 0 Å². The van der Waals surface area contributed by atoms with Gasteiger partial charge in [-0.25, -0.2) is 0 Å². The van der Waals surface area contributed by atoms with Crippen molar-refractivity contribution in [2.75, 3.05) is 0 Å². The molecule has 0 amide bonds. The van der Waals surface area contributed by atoms with Gasteiger partial charge in [-0.2, -0.15) is 4.80 Å². The summed E-state index contributed by atoms with van der Waals surface area (Å²) in [6.07, 6.45) is 3.74. The summed E-state index contributed by atoms with van der Waals surface area (Å²) in [7, 11) is 1.74. The molecular weight excluding hydrogens is 142 g/mol. The van der Waals surface area contributed by atoms with Gasteiger partial charge in [0.15, 0.2) is 0 Å². The van der Waals surface area contributed by atoms with Gasteiger partial charge in [0.1, 0.15) is 0 Å². The largest absolute Gasteiger partial charge is 0.290 e. The summed E-state index contributed by atoms with van der Waals surface area (Å²) in [5.74, 6) is 0.595. The van der Waals surface area contributed by atoms with Gasteiger partial charge in [-0.1, -0.05) is 5.10 Å². The first-order valence-electron chi connectivity index (χ1n) is 3.23. The van der Waals surface area contributed by atoms with Crippen molar-refractivity contribution in [2.24, 2.45) is 7.05 Å². The van der Waals surface area contributed by atoms with E-state index in [4.69, 9.17) is 0 Å². The Morgan fingerprint density at radius 1 is 1.27 bits per heavy atom. The molecule has 0 N–H and O–H groups in total. The molecule has 2 aromatic heterocycles. The number of aromatic nitrogens is 5. The highest BCUT2D eigenvalue weighted by Crippen LogP contribution is 1.96. The van der Waals surface area contributed by atoms with E-state index in [1.54, 1.807) is 11.6 Å². The second kappa shape index (κ2) is 2.19. The number of hydrogen-bond acceptors (Lipinski definition) is 3. The zero-order valence-electron chi connectivity index (χ0n) is 6.05. The standard InChI is InChI=1S/C6H7N5/c1-10-8-6(7-9-10)11-4-2-3-5-11/h2-5H,1H3. The molecule has 11 heavy (non-hydrogen) atoms. The predicted octanol–water partition coefficient (Wildman–Crippen LogP) is 0.000800. The average Bonchev–Trinajstić information content (AvgIpc) is 2.55. The average molecular weight is 149 g/mol. The lowest BCUT2D eigenvalue weighted by atomic mass is 10.7. The predicted molar refractivity (Wildman–Crippen MR) is 38.1 cm³/mol. The molecule has 0 saturated heterocycles. The van der Waals surface area contributed by atoms with E-state index in [0.717, 1.165) is 0 Å². The molecule has 5 nitrogen and oxygen atoms in total. The lowest BCUT2D eigenvalue weighted by molar-refractivity contribution is 0.628. The highest BCUT2D eigenvalue weighted by molar-refractivity contribution is 5.09. The van der Waals surface area contributed by atoms with E-state index >= 15 is 0 Å². The van der Waals surface area contributed by atoms with Gasteiger partial charge >= 0.3 is 0 Å². The second-order valence-electron chi connectivity index (χ2n) is 2.17. The van der Waals surface area contributed by atoms with Crippen LogP contribution in [0.2, 0.25) is 0 Å². The van der Waals surface area contributed by atoms with Crippen molar-refractivity contribution in [1.82, 2.24) is 24.8 Å². The molecule has 0 bridgehead atoms. The number of tetrazole rings is 1. The van der Waals surface area contributed by atoms with E-state index in [9.17, 15) is 0 Å². The molecule has 0 spiro atoms. The summed E-state index contributed by atoms with van der Waals surface area (Å²) >= 11 is 0. The molecule has 2 rings (SSSR count). The van der Waals surface area contributed by atoms with Crippen LogP contribution in [0.25, 0.3) is 5.95 Å². The van der Waals surface area contributed by atoms with Crippen LogP contribution < -0.4 is 0 Å². The van der Waals surface area contributed by atoms with E-state index in [-0.39, 0.29) is 0 Å². The fourth-order valence-corrected chi connectivity index (χ4v) is 0.845. The summed E-state index contributed by atoms with van der Waals surface area (Å²) in [6.45, 7) is 0. The zero-order valence-corrected chi connectivity index (χ0v) is 6.05. The first-order valence-corrected chi connectivity index (χ1v) is 3.23. The minimum Gasteiger partial charge on any atom is -0.290 e. The quantitative estimate of drug-likeness (QED) is 0.573. The van der Waals surface area contributed by atoms with Gasteiger partial charge in [-0.3, -0.25) is 4.57 Å². The third-order valence-electron chi connectivity index (χ3n) is 1.33. The summed E-state index contributed by atoms with van der Waals surface area (Å²) in [4.78, 5) is 1.43. The molecule has 2 aromatic rings. The minimum atomic E-state index is 0.595. The first-order chi connectivity index (χ1) is 5.36. The third-order valence-corrected chi connectivity index (χ3v) is 1.33. The van der Waals surface area contributed by atoms with Crippen LogP contribution in [0.4, 0.5) is 0 Å². The SMILES string of the molecule is Cn1nnc(-n2cccc2)n1. The van der Waals surface area contributed by atoms with Gasteiger partial charge in [0.25, 0.3) is 5.95 Å². The molecular formula is C6H7N5. The third kappa shape index (κ3) is 1.000. The maximum absolute atomic E-state index is 4.01. The Morgan fingerprint density at radius 3 is 2.55 bits per heavy atom. The normalized spacial score (nSPS) is 10.3. The molecule has 0 aliphatic carbocycles. The van der Waals surface area contributed by atoms with Crippen LogP contribution in [0.3, 0.4) is 0 Å². The highest BCUT2D eigenvalue weighted by Gasteiger charge is 1.98. The van der Waals surface area contributed by atoms with E-state index in [2.05, 4.69) is 15.4 Å². The second-order valence-corrected chi connectivity index (χ2v) is 2.17. The zero-order chi connectivity index (χ0) is 7.68. The van der Waals surface area contributed by atoms with Crippen LogP contribution in [0.5, 0.6) is 0 Å². The molecule has 2 heterocycles. The molecule has 0 fully saturated rings. The molecule has 0 saturated carbocycles. The van der Waals surface area contributed by atoms with Gasteiger partial charge in [-0.05, 0) is 17.3 Å². The van der Waals surface area contributed by atoms with Crippen LogP contribution >= 0.6 is 0 Å². The smallest absolute Gasteiger partial charge is 0.274 e. The molecule has 0 aliphatic rings. The Morgan fingerprint density at radius 2 is 2.00 bits per heavy atom. The number of nitrogens with zero attached hydrogens (tertiary/aromatic N) is 5. The molecule has 0 aliphatic heterocycles. The van der Waals surface area contributed by atoms with Crippen molar-refractivity contribution in [1.29, 1.82) is 0 Å². The first kappa shape index (κ1) is 6.09. The van der Waals surface area contributed by atoms with Gasteiger partial charge in [-0.15, -0.1) is 5.10 Å². The van der Waals surface area contributed by atoms with E-state index < -0.39 is 0 Å². The Hall–Kier alpha value is -1.65. The topological polar surface area (TPSA) is 48.5 Å². The van der Waals surface area contributed by atoms with Crippen molar-refractivity contribution in [3.63, 3.8) is 0 Å². The van der Waals surface area contributed by atoms with Crippen molar-refractivity contribution in [3.05, 3.63) is 24.5 Å². The Kier molecular flexibility index (Phi) is 1.21. The van der Waals surface area contributed by atoms with Crippen molar-refractivity contribution in [2.45, 2.75) is 0 Å². The van der Waals surface area contributed by atoms with Crippen LogP contribution in [0.15, 0.2) is 24.5 Å². The van der Waals surface area contributed by atoms with E-state index in [0.29, 0.717) is 5.95 Å². The molecule has 0 unspecified atom stereocenters. The van der Waals surface area contributed by atoms with Crippen LogP contribution in [0.1, 0.15) is 0 Å². The van der Waals surface area contributed by atoms with Crippen molar-refractivity contribution < 1.29 is 0 Å². The Labute approximate surface area is 63.3 Å². The summed E-state index contributed by atoms with van der Waals surface area (Å²) < 4.78 is 1.80. The Bertz CT molecular complexity index is 333. The molecule has 0 radical (unpaired) electrons. The van der Waals surface area contributed by atoms with Gasteiger partial charge in [0.2, 0.25) is 0 Å². The summed E-state index contributed by atoms with van der Waals surface area (Å²) in [6, 6.07) is 3.83. The highest BCUT2D eigenvalue weighted by atomic mass is 15.6. The summed E-state index contributed by atoms with van der Waals surface area (Å²) in [5, 5.41) is 11.5. The number of hydrogen-bond donors (Lipinski definition) is 0. The van der Waals surface area contributed by atoms with Gasteiger partial charge in [0, 0.05) is 12.4 Å². The Balaban J connectivity index is 2.45. The molecule has 0 atom stereocenters. The van der Waals surface area contributed by atoms with Crippen LogP contribution in [-0.4, -0.2) is 24.8 Å². The lowest BCUT2D eigenvalue weighted by Gasteiger charge is -1.89. The monoisotopic (exact) mass is 149 g/mol. The maximum atomic E-state index is 4.01. The number of aryl methyl sites for hydroxylation is 1. The fourth-order valence-electron chi connectivity index (χ4n) is 0.845. The van der Waals surface area contributed by atoms with E-state index in [1.165, 1.54) is 4.80 Å². The summed E-state index contributed by atoms with van der Waals surface area (Å²) in [5.41, 5.74) is 0.